The van der Waals surface area contributed by atoms with Gasteiger partial charge in [0.05, 0.1) is 6.61 Å². The van der Waals surface area contributed by atoms with Crippen molar-refractivity contribution in [1.29, 1.82) is 0 Å². The van der Waals surface area contributed by atoms with Gasteiger partial charge in [0, 0.05) is 24.5 Å². The summed E-state index contributed by atoms with van der Waals surface area (Å²) in [5, 5.41) is 0. The number of allylic oxidation sites excluding steroid dienone is 1. The van der Waals surface area contributed by atoms with Crippen molar-refractivity contribution in [2.24, 2.45) is 0 Å². The van der Waals surface area contributed by atoms with Crippen LogP contribution in [-0.2, 0) is 17.7 Å². The predicted molar refractivity (Wildman–Crippen MR) is 80.1 cm³/mol. The monoisotopic (exact) mass is 277 g/mol. The summed E-state index contributed by atoms with van der Waals surface area (Å²) in [6, 6.07) is 1.55. The molecule has 1 aromatic rings. The molecule has 20 heavy (non-hydrogen) atoms. The van der Waals surface area contributed by atoms with E-state index in [0.717, 1.165) is 31.4 Å². The van der Waals surface area contributed by atoms with Crippen LogP contribution >= 0.6 is 0 Å². The van der Waals surface area contributed by atoms with Gasteiger partial charge in [0.1, 0.15) is 5.56 Å². The van der Waals surface area contributed by atoms with E-state index in [1.807, 2.05) is 4.57 Å². The van der Waals surface area contributed by atoms with Crippen molar-refractivity contribution in [2.45, 2.75) is 46.1 Å². The zero-order valence-corrected chi connectivity index (χ0v) is 12.4. The molecule has 0 bridgehead atoms. The van der Waals surface area contributed by atoms with Crippen LogP contribution in [0, 0.1) is 0 Å². The van der Waals surface area contributed by atoms with Gasteiger partial charge < -0.3 is 9.30 Å². The third kappa shape index (κ3) is 4.37. The van der Waals surface area contributed by atoms with Gasteiger partial charge in [0.15, 0.2) is 5.43 Å². The summed E-state index contributed by atoms with van der Waals surface area (Å²) in [7, 11) is 0. The van der Waals surface area contributed by atoms with Gasteiger partial charge in [-0.15, -0.1) is 6.58 Å². The molecule has 0 aromatic carbocycles. The van der Waals surface area contributed by atoms with Crippen LogP contribution in [-0.4, -0.2) is 17.1 Å². The SMILES string of the molecule is C=CCn1cc(C(=O)OCC)c(=O)cc1CCCCC. The summed E-state index contributed by atoms with van der Waals surface area (Å²) in [5.41, 5.74) is 0.764. The molecule has 1 rings (SSSR count). The van der Waals surface area contributed by atoms with Crippen LogP contribution in [0.25, 0.3) is 0 Å². The fourth-order valence-electron chi connectivity index (χ4n) is 2.06. The van der Waals surface area contributed by atoms with E-state index in [9.17, 15) is 9.59 Å². The number of hydrogen-bond acceptors (Lipinski definition) is 3. The number of nitrogens with zero attached hydrogens (tertiary/aromatic N) is 1. The Bertz CT molecular complexity index is 517. The summed E-state index contributed by atoms with van der Waals surface area (Å²) in [6.07, 6.45) is 7.46. The molecular formula is C16H23NO3. The molecule has 0 saturated carbocycles. The Balaban J connectivity index is 3.07. The van der Waals surface area contributed by atoms with E-state index in [1.165, 1.54) is 0 Å². The second-order valence-electron chi connectivity index (χ2n) is 4.66. The number of esters is 1. The molecule has 0 N–H and O–H groups in total. The molecule has 1 heterocycles. The van der Waals surface area contributed by atoms with Crippen LogP contribution in [0.5, 0.6) is 0 Å². The lowest BCUT2D eigenvalue weighted by Gasteiger charge is -2.13. The van der Waals surface area contributed by atoms with Gasteiger partial charge in [-0.3, -0.25) is 4.79 Å². The number of rotatable bonds is 8. The van der Waals surface area contributed by atoms with Crippen LogP contribution in [0.3, 0.4) is 0 Å². The average molecular weight is 277 g/mol. The third-order valence-electron chi connectivity index (χ3n) is 3.07. The second-order valence-corrected chi connectivity index (χ2v) is 4.66. The fourth-order valence-corrected chi connectivity index (χ4v) is 2.06. The van der Waals surface area contributed by atoms with Gasteiger partial charge in [0.25, 0.3) is 0 Å². The highest BCUT2D eigenvalue weighted by molar-refractivity contribution is 5.88. The first-order valence-corrected chi connectivity index (χ1v) is 7.15. The largest absolute Gasteiger partial charge is 0.462 e. The van der Waals surface area contributed by atoms with Crippen LogP contribution in [0.2, 0.25) is 0 Å². The van der Waals surface area contributed by atoms with Crippen molar-refractivity contribution in [3.63, 3.8) is 0 Å². The molecule has 0 amide bonds. The molecule has 0 aliphatic carbocycles. The van der Waals surface area contributed by atoms with Crippen molar-refractivity contribution >= 4 is 5.97 Å². The summed E-state index contributed by atoms with van der Waals surface area (Å²) in [5.74, 6) is -0.560. The van der Waals surface area contributed by atoms with E-state index in [4.69, 9.17) is 4.74 Å². The molecule has 4 heteroatoms. The van der Waals surface area contributed by atoms with Gasteiger partial charge in [-0.2, -0.15) is 0 Å². The summed E-state index contributed by atoms with van der Waals surface area (Å²) in [6.45, 7) is 8.41. The van der Waals surface area contributed by atoms with E-state index < -0.39 is 5.97 Å². The average Bonchev–Trinajstić information content (AvgIpc) is 2.42. The summed E-state index contributed by atoms with van der Waals surface area (Å²) in [4.78, 5) is 23.7. The number of aryl methyl sites for hydroxylation is 1. The molecule has 4 nitrogen and oxygen atoms in total. The Hall–Kier alpha value is -1.84. The van der Waals surface area contributed by atoms with Crippen LogP contribution < -0.4 is 5.43 Å². The molecule has 0 unspecified atom stereocenters. The Morgan fingerprint density at radius 2 is 2.15 bits per heavy atom. The Kier molecular flexibility index (Phi) is 6.77. The highest BCUT2D eigenvalue weighted by Gasteiger charge is 2.14. The van der Waals surface area contributed by atoms with Crippen molar-refractivity contribution < 1.29 is 9.53 Å². The molecule has 0 saturated heterocycles. The maximum atomic E-state index is 12.0. The first-order chi connectivity index (χ1) is 9.63. The first kappa shape index (κ1) is 16.2. The lowest BCUT2D eigenvalue weighted by atomic mass is 10.1. The first-order valence-electron chi connectivity index (χ1n) is 7.15. The predicted octanol–water partition coefficient (Wildman–Crippen LogP) is 2.94. The van der Waals surface area contributed by atoms with E-state index in [2.05, 4.69) is 13.5 Å². The van der Waals surface area contributed by atoms with Crippen LogP contribution in [0.4, 0.5) is 0 Å². The van der Waals surface area contributed by atoms with E-state index in [1.54, 1.807) is 25.3 Å². The fraction of sp³-hybridized carbons (Fsp3) is 0.500. The molecular weight excluding hydrogens is 254 g/mol. The topological polar surface area (TPSA) is 48.3 Å². The molecule has 0 fully saturated rings. The molecule has 110 valence electrons. The Labute approximate surface area is 120 Å². The zero-order valence-electron chi connectivity index (χ0n) is 12.4. The van der Waals surface area contributed by atoms with Crippen molar-refractivity contribution in [3.8, 4) is 0 Å². The molecule has 0 radical (unpaired) electrons. The molecule has 0 aliphatic heterocycles. The highest BCUT2D eigenvalue weighted by Crippen LogP contribution is 2.08. The van der Waals surface area contributed by atoms with E-state index in [-0.39, 0.29) is 17.6 Å². The number of carbonyl (C=O) groups excluding carboxylic acids is 1. The van der Waals surface area contributed by atoms with Gasteiger partial charge in [-0.1, -0.05) is 25.8 Å². The van der Waals surface area contributed by atoms with Crippen LogP contribution in [0.1, 0.15) is 49.2 Å². The highest BCUT2D eigenvalue weighted by atomic mass is 16.5. The molecule has 1 aromatic heterocycles. The third-order valence-corrected chi connectivity index (χ3v) is 3.07. The second kappa shape index (κ2) is 8.35. The number of aromatic nitrogens is 1. The molecule has 0 atom stereocenters. The lowest BCUT2D eigenvalue weighted by Crippen LogP contribution is -2.21. The standard InChI is InChI=1S/C16H23NO3/c1-4-7-8-9-13-11-15(18)14(16(19)20-6-3)12-17(13)10-5-2/h5,11-12H,2,4,6-10H2,1,3H3. The molecule has 0 spiro atoms. The number of carbonyl (C=O) groups is 1. The summed E-state index contributed by atoms with van der Waals surface area (Å²) < 4.78 is 6.80. The van der Waals surface area contributed by atoms with Crippen molar-refractivity contribution in [2.75, 3.05) is 6.61 Å². The van der Waals surface area contributed by atoms with Crippen molar-refractivity contribution in [3.05, 3.63) is 46.4 Å². The number of pyridine rings is 1. The van der Waals surface area contributed by atoms with Crippen LogP contribution in [0.15, 0.2) is 29.7 Å². The van der Waals surface area contributed by atoms with Crippen molar-refractivity contribution in [1.82, 2.24) is 4.57 Å². The summed E-state index contributed by atoms with van der Waals surface area (Å²) >= 11 is 0. The maximum Gasteiger partial charge on any atom is 0.343 e. The number of hydrogen-bond donors (Lipinski definition) is 0. The van der Waals surface area contributed by atoms with Gasteiger partial charge in [-0.05, 0) is 19.8 Å². The minimum absolute atomic E-state index is 0.0907. The lowest BCUT2D eigenvalue weighted by molar-refractivity contribution is 0.0524. The minimum Gasteiger partial charge on any atom is -0.462 e. The van der Waals surface area contributed by atoms with E-state index in [0.29, 0.717) is 6.54 Å². The van der Waals surface area contributed by atoms with Gasteiger partial charge >= 0.3 is 5.97 Å². The van der Waals surface area contributed by atoms with E-state index >= 15 is 0 Å². The zero-order chi connectivity index (χ0) is 15.0. The van der Waals surface area contributed by atoms with Gasteiger partial charge in [-0.25, -0.2) is 4.79 Å². The smallest absolute Gasteiger partial charge is 0.343 e. The normalized spacial score (nSPS) is 10.3. The quantitative estimate of drug-likeness (QED) is 0.417. The maximum absolute atomic E-state index is 12.0. The Morgan fingerprint density at radius 1 is 1.40 bits per heavy atom. The number of ether oxygens (including phenoxy) is 1. The minimum atomic E-state index is -0.560. The molecule has 0 aliphatic rings. The number of unbranched alkanes of at least 4 members (excludes halogenated alkanes) is 2. The van der Waals surface area contributed by atoms with Gasteiger partial charge in [0.2, 0.25) is 0 Å². The Morgan fingerprint density at radius 3 is 2.75 bits per heavy atom.